The third-order valence-electron chi connectivity index (χ3n) is 5.87. The van der Waals surface area contributed by atoms with Crippen LogP contribution in [-0.4, -0.2) is 47.8 Å². The molecule has 0 aliphatic carbocycles. The smallest absolute Gasteiger partial charge is 0.223 e. The fraction of sp³-hybridized carbons (Fsp3) is 0.308. The highest BCUT2D eigenvalue weighted by Gasteiger charge is 2.28. The molecule has 1 N–H and O–H groups in total. The van der Waals surface area contributed by atoms with Gasteiger partial charge in [-0.15, -0.1) is 11.3 Å². The SMILES string of the molecule is O=C(CCC(=O)N1CCN(C(c2ccccc2)c2ccccc2)CC1)NCc1cccs1. The van der Waals surface area contributed by atoms with E-state index >= 15 is 0 Å². The van der Waals surface area contributed by atoms with Gasteiger partial charge in [0.2, 0.25) is 11.8 Å². The van der Waals surface area contributed by atoms with Crippen LogP contribution in [0, 0.1) is 0 Å². The van der Waals surface area contributed by atoms with Crippen molar-refractivity contribution in [1.29, 1.82) is 0 Å². The van der Waals surface area contributed by atoms with E-state index in [-0.39, 0.29) is 30.7 Å². The predicted octanol–water partition coefficient (Wildman–Crippen LogP) is 4.08. The number of benzene rings is 2. The van der Waals surface area contributed by atoms with Gasteiger partial charge in [-0.25, -0.2) is 0 Å². The molecule has 4 rings (SSSR count). The molecular formula is C26H29N3O2S. The van der Waals surface area contributed by atoms with Gasteiger partial charge >= 0.3 is 0 Å². The number of amides is 2. The molecule has 1 saturated heterocycles. The standard InChI is InChI=1S/C26H29N3O2S/c30-24(27-20-23-12-7-19-32-23)13-14-25(31)28-15-17-29(18-16-28)26(21-8-3-1-4-9-21)22-10-5-2-6-11-22/h1-12,19,26H,13-18,20H2,(H,27,30). The molecular weight excluding hydrogens is 418 g/mol. The van der Waals surface area contributed by atoms with Crippen LogP contribution in [0.25, 0.3) is 0 Å². The second-order valence-corrected chi connectivity index (χ2v) is 9.03. The van der Waals surface area contributed by atoms with Crippen molar-refractivity contribution in [3.63, 3.8) is 0 Å². The van der Waals surface area contributed by atoms with Crippen LogP contribution in [-0.2, 0) is 16.1 Å². The monoisotopic (exact) mass is 447 g/mol. The quantitative estimate of drug-likeness (QED) is 0.566. The number of carbonyl (C=O) groups excluding carboxylic acids is 2. The lowest BCUT2D eigenvalue weighted by Gasteiger charge is -2.39. The molecule has 0 spiro atoms. The van der Waals surface area contributed by atoms with Crippen LogP contribution in [0.1, 0.15) is 34.9 Å². The van der Waals surface area contributed by atoms with Gasteiger partial charge in [0, 0.05) is 43.9 Å². The Bertz CT molecular complexity index is 945. The zero-order chi connectivity index (χ0) is 22.2. The Morgan fingerprint density at radius 1 is 0.812 bits per heavy atom. The Morgan fingerprint density at radius 2 is 1.44 bits per heavy atom. The van der Waals surface area contributed by atoms with E-state index in [4.69, 9.17) is 0 Å². The lowest BCUT2D eigenvalue weighted by molar-refractivity contribution is -0.135. The van der Waals surface area contributed by atoms with Crippen LogP contribution in [0.3, 0.4) is 0 Å². The second kappa shape index (κ2) is 11.1. The fourth-order valence-corrected chi connectivity index (χ4v) is 4.82. The van der Waals surface area contributed by atoms with Gasteiger partial charge in [-0.3, -0.25) is 14.5 Å². The minimum Gasteiger partial charge on any atom is -0.351 e. The molecule has 6 heteroatoms. The summed E-state index contributed by atoms with van der Waals surface area (Å²) in [5.41, 5.74) is 2.53. The normalized spacial score (nSPS) is 14.5. The van der Waals surface area contributed by atoms with Crippen molar-refractivity contribution < 1.29 is 9.59 Å². The largest absolute Gasteiger partial charge is 0.351 e. The molecule has 32 heavy (non-hydrogen) atoms. The van der Waals surface area contributed by atoms with Gasteiger partial charge in [0.15, 0.2) is 0 Å². The molecule has 1 aromatic heterocycles. The summed E-state index contributed by atoms with van der Waals surface area (Å²) in [5, 5.41) is 4.89. The van der Waals surface area contributed by atoms with Gasteiger partial charge in [-0.1, -0.05) is 66.7 Å². The first-order valence-corrected chi connectivity index (χ1v) is 12.0. The Labute approximate surface area is 193 Å². The number of nitrogens with one attached hydrogen (secondary N) is 1. The molecule has 1 aliphatic heterocycles. The van der Waals surface area contributed by atoms with E-state index in [1.165, 1.54) is 11.1 Å². The number of hydrogen-bond donors (Lipinski definition) is 1. The van der Waals surface area contributed by atoms with Gasteiger partial charge < -0.3 is 10.2 Å². The number of carbonyl (C=O) groups is 2. The molecule has 0 unspecified atom stereocenters. The minimum absolute atomic E-state index is 0.0619. The second-order valence-electron chi connectivity index (χ2n) is 8.00. The molecule has 166 valence electrons. The summed E-state index contributed by atoms with van der Waals surface area (Å²) in [6.07, 6.45) is 0.498. The molecule has 2 amide bonds. The predicted molar refractivity (Wildman–Crippen MR) is 128 cm³/mol. The van der Waals surface area contributed by atoms with Crippen molar-refractivity contribution in [1.82, 2.24) is 15.1 Å². The third kappa shape index (κ3) is 5.84. The Kier molecular flexibility index (Phi) is 7.69. The molecule has 0 radical (unpaired) electrons. The summed E-state index contributed by atoms with van der Waals surface area (Å²) in [4.78, 5) is 30.2. The molecule has 3 aromatic rings. The van der Waals surface area contributed by atoms with Gasteiger partial charge in [-0.2, -0.15) is 0 Å². The lowest BCUT2D eigenvalue weighted by Crippen LogP contribution is -2.50. The van der Waals surface area contributed by atoms with Crippen LogP contribution in [0.4, 0.5) is 0 Å². The Balaban J connectivity index is 1.29. The summed E-state index contributed by atoms with van der Waals surface area (Å²) in [5.74, 6) is -0.00880. The minimum atomic E-state index is -0.0707. The first-order chi connectivity index (χ1) is 15.7. The highest BCUT2D eigenvalue weighted by molar-refractivity contribution is 7.09. The van der Waals surface area contributed by atoms with Crippen molar-refractivity contribution in [2.75, 3.05) is 26.2 Å². The van der Waals surface area contributed by atoms with Crippen molar-refractivity contribution in [2.45, 2.75) is 25.4 Å². The Morgan fingerprint density at radius 3 is 2.00 bits per heavy atom. The van der Waals surface area contributed by atoms with E-state index in [2.05, 4.69) is 58.7 Å². The molecule has 2 aromatic carbocycles. The summed E-state index contributed by atoms with van der Waals surface area (Å²) < 4.78 is 0. The molecule has 2 heterocycles. The number of rotatable bonds is 8. The zero-order valence-corrected chi connectivity index (χ0v) is 19.0. The van der Waals surface area contributed by atoms with Crippen molar-refractivity contribution >= 4 is 23.2 Å². The van der Waals surface area contributed by atoms with E-state index in [0.29, 0.717) is 19.6 Å². The zero-order valence-electron chi connectivity index (χ0n) is 18.2. The lowest BCUT2D eigenvalue weighted by atomic mass is 9.96. The van der Waals surface area contributed by atoms with E-state index in [9.17, 15) is 9.59 Å². The van der Waals surface area contributed by atoms with E-state index in [0.717, 1.165) is 18.0 Å². The first-order valence-electron chi connectivity index (χ1n) is 11.1. The topological polar surface area (TPSA) is 52.7 Å². The van der Waals surface area contributed by atoms with Gasteiger partial charge in [0.05, 0.1) is 12.6 Å². The van der Waals surface area contributed by atoms with Crippen LogP contribution in [0.15, 0.2) is 78.2 Å². The average Bonchev–Trinajstić information content (AvgIpc) is 3.37. The maximum atomic E-state index is 12.7. The van der Waals surface area contributed by atoms with Gasteiger partial charge in [0.1, 0.15) is 0 Å². The highest BCUT2D eigenvalue weighted by Crippen LogP contribution is 2.29. The van der Waals surface area contributed by atoms with E-state index in [1.54, 1.807) is 11.3 Å². The van der Waals surface area contributed by atoms with Crippen LogP contribution < -0.4 is 5.32 Å². The maximum Gasteiger partial charge on any atom is 0.223 e. The van der Waals surface area contributed by atoms with Crippen LogP contribution >= 0.6 is 11.3 Å². The number of nitrogens with zero attached hydrogens (tertiary/aromatic N) is 2. The van der Waals surface area contributed by atoms with Crippen molar-refractivity contribution in [2.24, 2.45) is 0 Å². The summed E-state index contributed by atoms with van der Waals surface area (Å²) in [6, 6.07) is 25.2. The van der Waals surface area contributed by atoms with Gasteiger partial charge in [0.25, 0.3) is 0 Å². The van der Waals surface area contributed by atoms with E-state index in [1.807, 2.05) is 34.5 Å². The molecule has 0 bridgehead atoms. The first kappa shape index (κ1) is 22.2. The maximum absolute atomic E-state index is 12.7. The molecule has 1 aliphatic rings. The fourth-order valence-electron chi connectivity index (χ4n) is 4.18. The molecule has 5 nitrogen and oxygen atoms in total. The van der Waals surface area contributed by atoms with Crippen LogP contribution in [0.2, 0.25) is 0 Å². The summed E-state index contributed by atoms with van der Waals surface area (Å²) >= 11 is 1.62. The average molecular weight is 448 g/mol. The van der Waals surface area contributed by atoms with Gasteiger partial charge in [-0.05, 0) is 22.6 Å². The Hall–Kier alpha value is -2.96. The highest BCUT2D eigenvalue weighted by atomic mass is 32.1. The number of hydrogen-bond acceptors (Lipinski definition) is 4. The number of piperazine rings is 1. The third-order valence-corrected chi connectivity index (χ3v) is 6.74. The van der Waals surface area contributed by atoms with E-state index < -0.39 is 0 Å². The number of thiophene rings is 1. The van der Waals surface area contributed by atoms with Crippen molar-refractivity contribution in [3.8, 4) is 0 Å². The summed E-state index contributed by atoms with van der Waals surface area (Å²) in [6.45, 7) is 3.52. The molecule has 0 saturated carbocycles. The summed E-state index contributed by atoms with van der Waals surface area (Å²) in [7, 11) is 0. The molecule has 0 atom stereocenters. The van der Waals surface area contributed by atoms with Crippen LogP contribution in [0.5, 0.6) is 0 Å². The molecule has 1 fully saturated rings. The van der Waals surface area contributed by atoms with Crippen molar-refractivity contribution in [3.05, 3.63) is 94.2 Å².